The Balaban J connectivity index is 1.73. The van der Waals surface area contributed by atoms with Crippen molar-refractivity contribution in [1.29, 1.82) is 0 Å². The lowest BCUT2D eigenvalue weighted by Gasteiger charge is -2.23. The summed E-state index contributed by atoms with van der Waals surface area (Å²) in [6.45, 7) is 2.73. The van der Waals surface area contributed by atoms with Crippen LogP contribution in [0.25, 0.3) is 0 Å². The minimum atomic E-state index is -0.762. The lowest BCUT2D eigenvalue weighted by molar-refractivity contribution is -0.137. The van der Waals surface area contributed by atoms with Crippen molar-refractivity contribution in [3.05, 3.63) is 48.0 Å². The fraction of sp³-hybridized carbons (Fsp3) is 0.565. The molecule has 1 aliphatic heterocycles. The number of carbonyl (C=O) groups excluding carboxylic acids is 1. The van der Waals surface area contributed by atoms with Gasteiger partial charge in [0.05, 0.1) is 12.1 Å². The highest BCUT2D eigenvalue weighted by molar-refractivity contribution is 7.99. The highest BCUT2D eigenvalue weighted by Crippen LogP contribution is 2.22. The molecule has 29 heavy (non-hydrogen) atoms. The Labute approximate surface area is 178 Å². The van der Waals surface area contributed by atoms with E-state index in [0.717, 1.165) is 30.8 Å². The van der Waals surface area contributed by atoms with Gasteiger partial charge in [0, 0.05) is 25.1 Å². The average Bonchev–Trinajstić information content (AvgIpc) is 3.07. The first kappa shape index (κ1) is 23.5. The number of hydrogen-bond acceptors (Lipinski definition) is 4. The number of nitrogens with zero attached hydrogens (tertiary/aromatic N) is 1. The molecular weight excluding hydrogens is 386 g/mol. The third kappa shape index (κ3) is 8.62. The number of aliphatic hydroxyl groups is 1. The summed E-state index contributed by atoms with van der Waals surface area (Å²) < 4.78 is 0. The molecule has 0 radical (unpaired) electrons. The number of aliphatic hydroxyl groups excluding tert-OH is 1. The van der Waals surface area contributed by atoms with Crippen LogP contribution in [0, 0.1) is 5.92 Å². The van der Waals surface area contributed by atoms with Crippen LogP contribution in [0.15, 0.2) is 42.5 Å². The molecule has 0 aromatic heterocycles. The minimum Gasteiger partial charge on any atom is -0.481 e. The fourth-order valence-corrected chi connectivity index (χ4v) is 4.36. The van der Waals surface area contributed by atoms with Gasteiger partial charge in [0.1, 0.15) is 0 Å². The van der Waals surface area contributed by atoms with Crippen molar-refractivity contribution in [3.8, 4) is 0 Å². The summed E-state index contributed by atoms with van der Waals surface area (Å²) in [4.78, 5) is 24.6. The molecule has 0 spiro atoms. The second-order valence-corrected chi connectivity index (χ2v) is 8.90. The number of amides is 1. The lowest BCUT2D eigenvalue weighted by Crippen LogP contribution is -2.34. The van der Waals surface area contributed by atoms with Crippen LogP contribution in [-0.2, 0) is 16.0 Å². The summed E-state index contributed by atoms with van der Waals surface area (Å²) >= 11 is 1.69. The zero-order valence-corrected chi connectivity index (χ0v) is 18.0. The Bertz CT molecular complexity index is 664. The van der Waals surface area contributed by atoms with Crippen molar-refractivity contribution < 1.29 is 19.8 Å². The van der Waals surface area contributed by atoms with Crippen LogP contribution in [-0.4, -0.2) is 57.2 Å². The van der Waals surface area contributed by atoms with Gasteiger partial charge in [-0.25, -0.2) is 0 Å². The van der Waals surface area contributed by atoms with Crippen molar-refractivity contribution >= 4 is 23.6 Å². The minimum absolute atomic E-state index is 0.0538. The molecule has 1 aromatic carbocycles. The molecule has 0 bridgehead atoms. The molecule has 0 saturated carbocycles. The van der Waals surface area contributed by atoms with Gasteiger partial charge in [0.15, 0.2) is 0 Å². The molecule has 1 unspecified atom stereocenters. The fourth-order valence-electron chi connectivity index (χ4n) is 3.48. The molecule has 2 rings (SSSR count). The van der Waals surface area contributed by atoms with E-state index < -0.39 is 12.1 Å². The van der Waals surface area contributed by atoms with Gasteiger partial charge in [-0.2, -0.15) is 11.8 Å². The quantitative estimate of drug-likeness (QED) is 0.376. The van der Waals surface area contributed by atoms with E-state index in [2.05, 4.69) is 19.1 Å². The normalized spacial score (nSPS) is 19.0. The maximum absolute atomic E-state index is 12.2. The molecule has 1 amide bonds. The molecule has 6 heteroatoms. The van der Waals surface area contributed by atoms with Crippen molar-refractivity contribution in [2.75, 3.05) is 18.1 Å². The summed E-state index contributed by atoms with van der Waals surface area (Å²) in [5.74, 6) is 1.17. The third-order valence-electron chi connectivity index (χ3n) is 5.38. The predicted octanol–water partition coefficient (Wildman–Crippen LogP) is 3.76. The smallest absolute Gasteiger partial charge is 0.303 e. The van der Waals surface area contributed by atoms with Gasteiger partial charge in [-0.3, -0.25) is 9.59 Å². The van der Waals surface area contributed by atoms with E-state index in [1.54, 1.807) is 11.8 Å². The van der Waals surface area contributed by atoms with E-state index >= 15 is 0 Å². The van der Waals surface area contributed by atoms with Gasteiger partial charge in [0.25, 0.3) is 0 Å². The number of carboxylic acids is 1. The number of aryl methyl sites for hydroxylation is 1. The molecule has 1 aromatic rings. The van der Waals surface area contributed by atoms with Crippen molar-refractivity contribution in [2.24, 2.45) is 5.92 Å². The van der Waals surface area contributed by atoms with Crippen LogP contribution in [0.2, 0.25) is 0 Å². The van der Waals surface area contributed by atoms with Crippen LogP contribution in [0.4, 0.5) is 0 Å². The average molecular weight is 420 g/mol. The van der Waals surface area contributed by atoms with Gasteiger partial charge in [0.2, 0.25) is 5.91 Å². The predicted molar refractivity (Wildman–Crippen MR) is 118 cm³/mol. The number of aliphatic carboxylic acids is 1. The molecular formula is C23H33NO4S. The van der Waals surface area contributed by atoms with Gasteiger partial charge in [-0.1, -0.05) is 49.4 Å². The largest absolute Gasteiger partial charge is 0.481 e. The number of hydrogen-bond donors (Lipinski definition) is 2. The molecule has 2 N–H and O–H groups in total. The first-order valence-corrected chi connectivity index (χ1v) is 11.6. The van der Waals surface area contributed by atoms with Crippen LogP contribution in [0.3, 0.4) is 0 Å². The van der Waals surface area contributed by atoms with Gasteiger partial charge >= 0.3 is 5.97 Å². The SMILES string of the molecule is C[C@@H](CCc1ccccc1)[C@H](O)C=CC1CCC(=O)N1CCSCCCC(=O)O. The Morgan fingerprint density at radius 3 is 2.79 bits per heavy atom. The molecule has 3 atom stereocenters. The van der Waals surface area contributed by atoms with E-state index in [0.29, 0.717) is 19.4 Å². The topological polar surface area (TPSA) is 77.8 Å². The monoisotopic (exact) mass is 419 g/mol. The van der Waals surface area contributed by atoms with Crippen molar-refractivity contribution in [1.82, 2.24) is 4.90 Å². The van der Waals surface area contributed by atoms with Crippen LogP contribution in [0.1, 0.15) is 44.6 Å². The van der Waals surface area contributed by atoms with Crippen LogP contribution >= 0.6 is 11.8 Å². The summed E-state index contributed by atoms with van der Waals surface area (Å²) in [6.07, 6.45) is 7.39. The van der Waals surface area contributed by atoms with Gasteiger partial charge in [-0.15, -0.1) is 0 Å². The molecule has 1 aliphatic rings. The van der Waals surface area contributed by atoms with Gasteiger partial charge < -0.3 is 15.1 Å². The summed E-state index contributed by atoms with van der Waals surface area (Å²) in [6, 6.07) is 10.3. The molecule has 1 saturated heterocycles. The van der Waals surface area contributed by atoms with Crippen LogP contribution < -0.4 is 0 Å². The first-order valence-electron chi connectivity index (χ1n) is 10.5. The van der Waals surface area contributed by atoms with Crippen molar-refractivity contribution in [2.45, 2.75) is 57.6 Å². The number of likely N-dealkylation sites (tertiary alicyclic amines) is 1. The molecule has 160 valence electrons. The third-order valence-corrected chi connectivity index (χ3v) is 6.42. The maximum atomic E-state index is 12.2. The Morgan fingerprint density at radius 2 is 2.07 bits per heavy atom. The second-order valence-electron chi connectivity index (χ2n) is 7.68. The molecule has 1 heterocycles. The lowest BCUT2D eigenvalue weighted by atomic mass is 9.95. The Kier molecular flexibility index (Phi) is 10.3. The van der Waals surface area contributed by atoms with Gasteiger partial charge in [-0.05, 0) is 42.9 Å². The Morgan fingerprint density at radius 1 is 1.31 bits per heavy atom. The summed E-state index contributed by atoms with van der Waals surface area (Å²) in [7, 11) is 0. The number of carboxylic acid groups (broad SMARTS) is 1. The maximum Gasteiger partial charge on any atom is 0.303 e. The number of rotatable bonds is 13. The van der Waals surface area contributed by atoms with E-state index in [4.69, 9.17) is 5.11 Å². The number of carbonyl (C=O) groups is 2. The molecule has 1 fully saturated rings. The highest BCUT2D eigenvalue weighted by Gasteiger charge is 2.28. The van der Waals surface area contributed by atoms with E-state index in [-0.39, 0.29) is 24.3 Å². The summed E-state index contributed by atoms with van der Waals surface area (Å²) in [5.41, 5.74) is 1.28. The Hall–Kier alpha value is -1.79. The molecule has 0 aliphatic carbocycles. The number of benzene rings is 1. The highest BCUT2D eigenvalue weighted by atomic mass is 32.2. The molecule has 5 nitrogen and oxygen atoms in total. The van der Waals surface area contributed by atoms with E-state index in [1.165, 1.54) is 5.56 Å². The van der Waals surface area contributed by atoms with E-state index in [9.17, 15) is 14.7 Å². The zero-order chi connectivity index (χ0) is 21.1. The summed E-state index contributed by atoms with van der Waals surface area (Å²) in [5, 5.41) is 19.1. The van der Waals surface area contributed by atoms with Crippen molar-refractivity contribution in [3.63, 3.8) is 0 Å². The number of thioether (sulfide) groups is 1. The standard InChI is InChI=1S/C23H33NO4S/c1-18(9-10-19-6-3-2-4-7-19)21(25)13-11-20-12-14-22(26)24(20)15-17-29-16-5-8-23(27)28/h2-4,6-7,11,13,18,20-21,25H,5,8-10,12,14-17H2,1H3,(H,27,28)/t18-,20?,21+/m0/s1. The zero-order valence-electron chi connectivity index (χ0n) is 17.2. The first-order chi connectivity index (χ1) is 14.0. The van der Waals surface area contributed by atoms with Crippen LogP contribution in [0.5, 0.6) is 0 Å². The second kappa shape index (κ2) is 12.7. The van der Waals surface area contributed by atoms with E-state index in [1.807, 2.05) is 35.3 Å².